The zero-order chi connectivity index (χ0) is 18.2. The third kappa shape index (κ3) is 4.99. The summed E-state index contributed by atoms with van der Waals surface area (Å²) in [4.78, 5) is 16.9. The molecule has 1 unspecified atom stereocenters. The molecule has 26 heavy (non-hydrogen) atoms. The molecule has 1 atom stereocenters. The number of halogens is 1. The van der Waals surface area contributed by atoms with Gasteiger partial charge in [0.15, 0.2) is 0 Å². The summed E-state index contributed by atoms with van der Waals surface area (Å²) < 4.78 is 13.3. The van der Waals surface area contributed by atoms with Gasteiger partial charge >= 0.3 is 0 Å². The number of carbonyl (C=O) groups is 1. The van der Waals surface area contributed by atoms with Gasteiger partial charge in [-0.2, -0.15) is 0 Å². The Kier molecular flexibility index (Phi) is 6.09. The molecule has 0 saturated heterocycles. The molecule has 1 heterocycles. The molecule has 0 aliphatic rings. The highest BCUT2D eigenvalue weighted by atomic mass is 19.1. The van der Waals surface area contributed by atoms with E-state index in [1.165, 1.54) is 17.7 Å². The molecule has 3 aromatic rings. The fourth-order valence-electron chi connectivity index (χ4n) is 2.91. The van der Waals surface area contributed by atoms with Crippen molar-refractivity contribution in [2.75, 3.05) is 6.54 Å². The highest BCUT2D eigenvalue weighted by Crippen LogP contribution is 2.21. The average Bonchev–Trinajstić information content (AvgIpc) is 2.68. The maximum Gasteiger partial charge on any atom is 0.227 e. The largest absolute Gasteiger partial charge is 0.355 e. The van der Waals surface area contributed by atoms with Gasteiger partial charge in [-0.05, 0) is 47.7 Å². The Morgan fingerprint density at radius 3 is 2.38 bits per heavy atom. The van der Waals surface area contributed by atoms with Crippen molar-refractivity contribution in [3.8, 4) is 0 Å². The van der Waals surface area contributed by atoms with Crippen molar-refractivity contribution < 1.29 is 9.18 Å². The summed E-state index contributed by atoms with van der Waals surface area (Å²) in [6.45, 7) is 0.563. The molecule has 3 rings (SSSR count). The van der Waals surface area contributed by atoms with Gasteiger partial charge in [0, 0.05) is 18.9 Å². The topological polar surface area (TPSA) is 42.0 Å². The first-order valence-corrected chi connectivity index (χ1v) is 8.68. The number of pyridine rings is 1. The number of carbonyl (C=O) groups excluding carboxylic acids is 1. The molecule has 0 fully saturated rings. The molecule has 1 amide bonds. The van der Waals surface area contributed by atoms with Crippen molar-refractivity contribution in [1.29, 1.82) is 0 Å². The lowest BCUT2D eigenvalue weighted by Gasteiger charge is -2.17. The summed E-state index contributed by atoms with van der Waals surface area (Å²) >= 11 is 0. The third-order valence-electron chi connectivity index (χ3n) is 4.31. The van der Waals surface area contributed by atoms with E-state index in [1.54, 1.807) is 24.5 Å². The number of nitrogens with zero attached hydrogens (tertiary/aromatic N) is 1. The number of amides is 1. The highest BCUT2D eigenvalue weighted by molar-refractivity contribution is 5.84. The molecule has 0 aliphatic heterocycles. The first kappa shape index (κ1) is 17.8. The quantitative estimate of drug-likeness (QED) is 0.703. The van der Waals surface area contributed by atoms with Crippen LogP contribution in [0.25, 0.3) is 0 Å². The smallest absolute Gasteiger partial charge is 0.227 e. The summed E-state index contributed by atoms with van der Waals surface area (Å²) in [7, 11) is 0. The van der Waals surface area contributed by atoms with Crippen LogP contribution >= 0.6 is 0 Å². The third-order valence-corrected chi connectivity index (χ3v) is 4.31. The Hall–Kier alpha value is -3.01. The van der Waals surface area contributed by atoms with E-state index >= 15 is 0 Å². The molecule has 0 radical (unpaired) electrons. The van der Waals surface area contributed by atoms with E-state index in [-0.39, 0.29) is 17.6 Å². The summed E-state index contributed by atoms with van der Waals surface area (Å²) in [5.41, 5.74) is 2.95. The molecule has 0 spiro atoms. The van der Waals surface area contributed by atoms with Crippen molar-refractivity contribution in [2.24, 2.45) is 0 Å². The second-order valence-corrected chi connectivity index (χ2v) is 6.20. The van der Waals surface area contributed by atoms with Gasteiger partial charge in [-0.25, -0.2) is 4.39 Å². The predicted octanol–water partition coefficient (Wildman–Crippen LogP) is 3.91. The Morgan fingerprint density at radius 2 is 1.69 bits per heavy atom. The first-order chi connectivity index (χ1) is 12.7. The molecular formula is C22H21FN2O. The van der Waals surface area contributed by atoms with E-state index < -0.39 is 0 Å². The summed E-state index contributed by atoms with van der Waals surface area (Å²) in [5, 5.41) is 3.01. The van der Waals surface area contributed by atoms with Gasteiger partial charge in [-0.3, -0.25) is 9.78 Å². The average molecular weight is 348 g/mol. The lowest BCUT2D eigenvalue weighted by atomic mass is 9.91. The van der Waals surface area contributed by atoms with Crippen LogP contribution in [0, 0.1) is 5.82 Å². The molecule has 0 saturated carbocycles. The van der Waals surface area contributed by atoms with Crippen molar-refractivity contribution in [3.05, 3.63) is 102 Å². The van der Waals surface area contributed by atoms with Gasteiger partial charge < -0.3 is 5.32 Å². The second-order valence-electron chi connectivity index (χ2n) is 6.20. The molecule has 4 heteroatoms. The van der Waals surface area contributed by atoms with E-state index in [0.29, 0.717) is 13.0 Å². The van der Waals surface area contributed by atoms with Crippen LogP contribution in [0.3, 0.4) is 0 Å². The van der Waals surface area contributed by atoms with Crippen molar-refractivity contribution in [1.82, 2.24) is 10.3 Å². The molecule has 1 aromatic heterocycles. The van der Waals surface area contributed by atoms with Crippen LogP contribution in [0.2, 0.25) is 0 Å². The Bertz CT molecular complexity index is 820. The minimum absolute atomic E-state index is 0.0589. The monoisotopic (exact) mass is 348 g/mol. The number of benzene rings is 2. The Labute approximate surface area is 152 Å². The zero-order valence-electron chi connectivity index (χ0n) is 14.4. The van der Waals surface area contributed by atoms with Gasteiger partial charge in [-0.1, -0.05) is 48.5 Å². The Morgan fingerprint density at radius 1 is 0.962 bits per heavy atom. The second kappa shape index (κ2) is 8.90. The van der Waals surface area contributed by atoms with Crippen LogP contribution in [0.15, 0.2) is 79.1 Å². The maximum absolute atomic E-state index is 13.3. The van der Waals surface area contributed by atoms with Gasteiger partial charge in [0.2, 0.25) is 5.91 Å². The number of aromatic nitrogens is 1. The van der Waals surface area contributed by atoms with E-state index in [2.05, 4.69) is 10.3 Å². The number of hydrogen-bond acceptors (Lipinski definition) is 2. The van der Waals surface area contributed by atoms with Gasteiger partial charge in [-0.15, -0.1) is 0 Å². The standard InChI is InChI=1S/C22H21FN2O/c23-20-10-8-19(9-11-20)21(15-18-7-4-13-24-16-18)22(26)25-14-12-17-5-2-1-3-6-17/h1-11,13,16,21H,12,14-15H2,(H,25,26). The molecule has 2 aromatic carbocycles. The van der Waals surface area contributed by atoms with E-state index in [0.717, 1.165) is 17.5 Å². The predicted molar refractivity (Wildman–Crippen MR) is 100 cm³/mol. The van der Waals surface area contributed by atoms with Crippen LogP contribution in [-0.4, -0.2) is 17.4 Å². The molecule has 0 aliphatic carbocycles. The van der Waals surface area contributed by atoms with E-state index in [9.17, 15) is 9.18 Å². The van der Waals surface area contributed by atoms with E-state index in [4.69, 9.17) is 0 Å². The molecular weight excluding hydrogens is 327 g/mol. The highest BCUT2D eigenvalue weighted by Gasteiger charge is 2.21. The van der Waals surface area contributed by atoms with Crippen molar-refractivity contribution in [2.45, 2.75) is 18.8 Å². The number of nitrogens with one attached hydrogen (secondary N) is 1. The number of rotatable bonds is 7. The maximum atomic E-state index is 13.3. The Balaban J connectivity index is 1.69. The number of hydrogen-bond donors (Lipinski definition) is 1. The lowest BCUT2D eigenvalue weighted by molar-refractivity contribution is -0.122. The normalized spacial score (nSPS) is 11.7. The summed E-state index contributed by atoms with van der Waals surface area (Å²) in [6, 6.07) is 20.0. The van der Waals surface area contributed by atoms with Crippen molar-refractivity contribution in [3.63, 3.8) is 0 Å². The van der Waals surface area contributed by atoms with Crippen LogP contribution in [0.5, 0.6) is 0 Å². The van der Waals surface area contributed by atoms with Crippen molar-refractivity contribution >= 4 is 5.91 Å². The molecule has 3 nitrogen and oxygen atoms in total. The van der Waals surface area contributed by atoms with Crippen LogP contribution < -0.4 is 5.32 Å². The van der Waals surface area contributed by atoms with Gasteiger partial charge in [0.05, 0.1) is 5.92 Å². The minimum Gasteiger partial charge on any atom is -0.355 e. The molecule has 0 bridgehead atoms. The summed E-state index contributed by atoms with van der Waals surface area (Å²) in [5.74, 6) is -0.745. The lowest BCUT2D eigenvalue weighted by Crippen LogP contribution is -2.32. The molecule has 132 valence electrons. The summed E-state index contributed by atoms with van der Waals surface area (Å²) in [6.07, 6.45) is 4.76. The van der Waals surface area contributed by atoms with E-state index in [1.807, 2.05) is 42.5 Å². The van der Waals surface area contributed by atoms with Gasteiger partial charge in [0.25, 0.3) is 0 Å². The van der Waals surface area contributed by atoms with Gasteiger partial charge in [0.1, 0.15) is 5.82 Å². The SMILES string of the molecule is O=C(NCCc1ccccc1)C(Cc1cccnc1)c1ccc(F)cc1. The van der Waals surface area contributed by atoms with Crippen LogP contribution in [0.1, 0.15) is 22.6 Å². The molecule has 1 N–H and O–H groups in total. The van der Waals surface area contributed by atoms with Crippen LogP contribution in [-0.2, 0) is 17.6 Å². The minimum atomic E-state index is -0.379. The van der Waals surface area contributed by atoms with Crippen LogP contribution in [0.4, 0.5) is 4.39 Å². The first-order valence-electron chi connectivity index (χ1n) is 8.68. The zero-order valence-corrected chi connectivity index (χ0v) is 14.4. The fraction of sp³-hybridized carbons (Fsp3) is 0.182. The fourth-order valence-corrected chi connectivity index (χ4v) is 2.91.